The van der Waals surface area contributed by atoms with Crippen molar-refractivity contribution in [3.63, 3.8) is 0 Å². The molecule has 10 heteroatoms. The summed E-state index contributed by atoms with van der Waals surface area (Å²) in [6.45, 7) is 0. The Morgan fingerprint density at radius 2 is 2.25 bits per heavy atom. The number of anilines is 1. The molecule has 3 heterocycles. The second-order valence-electron chi connectivity index (χ2n) is 5.89. The zero-order chi connectivity index (χ0) is 19.3. The molecule has 0 aliphatic rings. The van der Waals surface area contributed by atoms with Crippen LogP contribution < -0.4 is 5.32 Å². The van der Waals surface area contributed by atoms with Crippen molar-refractivity contribution in [2.24, 2.45) is 0 Å². The first kappa shape index (κ1) is 18.5. The number of carbonyl (C=O) groups excluding carboxylic acids is 1. The highest BCUT2D eigenvalue weighted by molar-refractivity contribution is 9.10. The summed E-state index contributed by atoms with van der Waals surface area (Å²) in [6, 6.07) is 9.46. The zero-order valence-electron chi connectivity index (χ0n) is 14.6. The Labute approximate surface area is 172 Å². The van der Waals surface area contributed by atoms with E-state index in [9.17, 15) is 4.79 Å². The van der Waals surface area contributed by atoms with Gasteiger partial charge < -0.3 is 9.84 Å². The molecular formula is C18H15BrN6O2S. The van der Waals surface area contributed by atoms with Crippen LogP contribution in [0.25, 0.3) is 16.4 Å². The Morgan fingerprint density at radius 3 is 3.04 bits per heavy atom. The molecule has 1 aromatic carbocycles. The molecule has 0 fully saturated rings. The molecule has 0 saturated carbocycles. The first-order valence-corrected chi connectivity index (χ1v) is 10.2. The highest BCUT2D eigenvalue weighted by Gasteiger charge is 2.12. The highest BCUT2D eigenvalue weighted by atomic mass is 79.9. The molecule has 28 heavy (non-hydrogen) atoms. The van der Waals surface area contributed by atoms with Gasteiger partial charge in [-0.05, 0) is 36.1 Å². The molecule has 3 aromatic heterocycles. The van der Waals surface area contributed by atoms with Crippen molar-refractivity contribution in [1.82, 2.24) is 24.9 Å². The van der Waals surface area contributed by atoms with Gasteiger partial charge in [-0.2, -0.15) is 10.1 Å². The second-order valence-corrected chi connectivity index (χ2v) is 7.76. The van der Waals surface area contributed by atoms with E-state index in [2.05, 4.69) is 41.5 Å². The Morgan fingerprint density at radius 1 is 1.32 bits per heavy atom. The molecule has 0 bridgehead atoms. The molecular weight excluding hydrogens is 444 g/mol. The minimum Gasteiger partial charge on any atom is -0.339 e. The van der Waals surface area contributed by atoms with Crippen LogP contribution in [-0.2, 0) is 11.2 Å². The number of rotatable bonds is 7. The predicted octanol–water partition coefficient (Wildman–Crippen LogP) is 4.10. The topological polar surface area (TPSA) is 98.7 Å². The van der Waals surface area contributed by atoms with Crippen LogP contribution in [0.5, 0.6) is 0 Å². The monoisotopic (exact) mass is 458 g/mol. The molecule has 0 unspecified atom stereocenters. The smallest absolute Gasteiger partial charge is 0.226 e. The quantitative estimate of drug-likeness (QED) is 0.447. The van der Waals surface area contributed by atoms with Crippen LogP contribution in [0.15, 0.2) is 57.4 Å². The molecule has 0 aliphatic carbocycles. The summed E-state index contributed by atoms with van der Waals surface area (Å²) in [5.41, 5.74) is 1.40. The molecule has 0 saturated heterocycles. The van der Waals surface area contributed by atoms with Gasteiger partial charge in [-0.1, -0.05) is 27.2 Å². The predicted molar refractivity (Wildman–Crippen MR) is 108 cm³/mol. The van der Waals surface area contributed by atoms with Gasteiger partial charge in [0.05, 0.1) is 16.3 Å². The Balaban J connectivity index is 1.35. The van der Waals surface area contributed by atoms with Crippen molar-refractivity contribution < 1.29 is 9.32 Å². The number of benzene rings is 1. The van der Waals surface area contributed by atoms with Gasteiger partial charge in [0, 0.05) is 17.3 Å². The van der Waals surface area contributed by atoms with Crippen LogP contribution >= 0.6 is 27.3 Å². The maximum Gasteiger partial charge on any atom is 0.226 e. The largest absolute Gasteiger partial charge is 0.339 e. The first-order valence-electron chi connectivity index (χ1n) is 8.50. The average Bonchev–Trinajstić information content (AvgIpc) is 3.44. The van der Waals surface area contributed by atoms with Crippen molar-refractivity contribution >= 4 is 38.9 Å². The van der Waals surface area contributed by atoms with E-state index in [0.29, 0.717) is 36.7 Å². The van der Waals surface area contributed by atoms with Crippen LogP contribution in [0.3, 0.4) is 0 Å². The maximum atomic E-state index is 12.4. The fourth-order valence-electron chi connectivity index (χ4n) is 2.62. The summed E-state index contributed by atoms with van der Waals surface area (Å²) < 4.78 is 7.73. The van der Waals surface area contributed by atoms with Gasteiger partial charge in [0.25, 0.3) is 0 Å². The summed E-state index contributed by atoms with van der Waals surface area (Å²) in [7, 11) is 0. The summed E-state index contributed by atoms with van der Waals surface area (Å²) in [5, 5.41) is 13.0. The lowest BCUT2D eigenvalue weighted by Gasteiger charge is -2.11. The van der Waals surface area contributed by atoms with E-state index in [4.69, 9.17) is 4.52 Å². The van der Waals surface area contributed by atoms with E-state index in [1.165, 1.54) is 6.33 Å². The fraction of sp³-hybridized carbons (Fsp3) is 0.167. The highest BCUT2D eigenvalue weighted by Crippen LogP contribution is 2.25. The number of hydrogen-bond donors (Lipinski definition) is 1. The number of aryl methyl sites for hydroxylation is 1. The van der Waals surface area contributed by atoms with E-state index < -0.39 is 0 Å². The summed E-state index contributed by atoms with van der Waals surface area (Å²) >= 11 is 4.98. The molecule has 1 amide bonds. The number of nitrogens with one attached hydrogen (secondary N) is 1. The Kier molecular flexibility index (Phi) is 5.58. The Hall–Kier alpha value is -2.85. The third kappa shape index (κ3) is 4.34. The lowest BCUT2D eigenvalue weighted by molar-refractivity contribution is -0.116. The van der Waals surface area contributed by atoms with Crippen LogP contribution in [0.2, 0.25) is 0 Å². The molecule has 4 aromatic rings. The van der Waals surface area contributed by atoms with E-state index in [0.717, 1.165) is 15.0 Å². The van der Waals surface area contributed by atoms with Gasteiger partial charge in [-0.15, -0.1) is 11.3 Å². The summed E-state index contributed by atoms with van der Waals surface area (Å²) in [4.78, 5) is 21.7. The molecule has 0 atom stereocenters. The van der Waals surface area contributed by atoms with Crippen LogP contribution in [0.1, 0.15) is 18.7 Å². The number of aromatic nitrogens is 5. The average molecular weight is 459 g/mol. The fourth-order valence-corrected chi connectivity index (χ4v) is 3.63. The zero-order valence-corrected chi connectivity index (χ0v) is 17.0. The van der Waals surface area contributed by atoms with Gasteiger partial charge in [0.1, 0.15) is 12.7 Å². The molecule has 0 spiro atoms. The molecule has 1 N–H and O–H groups in total. The lowest BCUT2D eigenvalue weighted by Crippen LogP contribution is -2.14. The minimum atomic E-state index is -0.0996. The van der Waals surface area contributed by atoms with Crippen molar-refractivity contribution in [3.05, 3.63) is 58.7 Å². The van der Waals surface area contributed by atoms with Crippen LogP contribution in [0, 0.1) is 0 Å². The summed E-state index contributed by atoms with van der Waals surface area (Å²) in [6.07, 6.45) is 4.51. The maximum absolute atomic E-state index is 12.4. The van der Waals surface area contributed by atoms with Crippen molar-refractivity contribution in [2.45, 2.75) is 19.3 Å². The van der Waals surface area contributed by atoms with Crippen molar-refractivity contribution in [2.75, 3.05) is 5.32 Å². The standard InChI is InChI=1S/C18H15BrN6O2S/c19-12-6-7-14(25-11-20-10-21-25)13(9-12)22-16(26)4-1-5-17-23-18(24-27-17)15-3-2-8-28-15/h2-3,6-11H,1,4-5H2,(H,22,26). The Bertz CT molecular complexity index is 1060. The molecule has 0 aliphatic heterocycles. The summed E-state index contributed by atoms with van der Waals surface area (Å²) in [5.74, 6) is 1.01. The molecule has 4 rings (SSSR count). The van der Waals surface area contributed by atoms with Gasteiger partial charge in [-0.3, -0.25) is 4.79 Å². The molecule has 142 valence electrons. The number of amides is 1. The number of carbonyl (C=O) groups is 1. The third-order valence-electron chi connectivity index (χ3n) is 3.90. The molecule has 8 nitrogen and oxygen atoms in total. The van der Waals surface area contributed by atoms with Gasteiger partial charge in [0.15, 0.2) is 0 Å². The third-order valence-corrected chi connectivity index (χ3v) is 5.26. The van der Waals surface area contributed by atoms with E-state index in [-0.39, 0.29) is 5.91 Å². The molecule has 0 radical (unpaired) electrons. The van der Waals surface area contributed by atoms with Gasteiger partial charge in [-0.25, -0.2) is 9.67 Å². The number of nitrogens with zero attached hydrogens (tertiary/aromatic N) is 5. The van der Waals surface area contributed by atoms with E-state index in [1.807, 2.05) is 35.7 Å². The number of halogens is 1. The van der Waals surface area contributed by atoms with Crippen LogP contribution in [0.4, 0.5) is 5.69 Å². The van der Waals surface area contributed by atoms with E-state index in [1.54, 1.807) is 22.3 Å². The van der Waals surface area contributed by atoms with Gasteiger partial charge >= 0.3 is 0 Å². The first-order chi connectivity index (χ1) is 13.7. The van der Waals surface area contributed by atoms with Crippen LogP contribution in [-0.4, -0.2) is 30.8 Å². The lowest BCUT2D eigenvalue weighted by atomic mass is 10.2. The number of thiophene rings is 1. The normalized spacial score (nSPS) is 10.9. The second kappa shape index (κ2) is 8.44. The minimum absolute atomic E-state index is 0.0996. The van der Waals surface area contributed by atoms with E-state index >= 15 is 0 Å². The van der Waals surface area contributed by atoms with Crippen molar-refractivity contribution in [1.29, 1.82) is 0 Å². The van der Waals surface area contributed by atoms with Crippen molar-refractivity contribution in [3.8, 4) is 16.4 Å². The SMILES string of the molecule is O=C(CCCc1nc(-c2cccs2)no1)Nc1cc(Br)ccc1-n1cncn1. The van der Waals surface area contributed by atoms with Gasteiger partial charge in [0.2, 0.25) is 17.6 Å². The number of hydrogen-bond acceptors (Lipinski definition) is 7.